The fourth-order valence-corrected chi connectivity index (χ4v) is 3.84. The third kappa shape index (κ3) is 2.77. The van der Waals surface area contributed by atoms with Crippen molar-refractivity contribution in [3.8, 4) is 0 Å². The summed E-state index contributed by atoms with van der Waals surface area (Å²) in [5.74, 6) is 1.90. The second-order valence-corrected chi connectivity index (χ2v) is 6.53. The summed E-state index contributed by atoms with van der Waals surface area (Å²) < 4.78 is 6.08. The molecule has 0 radical (unpaired) electrons. The normalized spacial score (nSPS) is 27.1. The molecule has 110 valence electrons. The van der Waals surface area contributed by atoms with Crippen molar-refractivity contribution in [2.24, 2.45) is 5.92 Å². The highest BCUT2D eigenvalue weighted by atomic mass is 16.5. The number of hydrogen-bond acceptors (Lipinski definition) is 2. The predicted octanol–water partition coefficient (Wildman–Crippen LogP) is 4.03. The predicted molar refractivity (Wildman–Crippen MR) is 84.6 cm³/mol. The third-order valence-electron chi connectivity index (χ3n) is 4.98. The summed E-state index contributed by atoms with van der Waals surface area (Å²) in [5, 5.41) is 0. The average Bonchev–Trinajstić information content (AvgIpc) is 3.09. The van der Waals surface area contributed by atoms with Gasteiger partial charge >= 0.3 is 0 Å². The molecule has 0 aromatic heterocycles. The van der Waals surface area contributed by atoms with Gasteiger partial charge in [-0.3, -0.25) is 4.90 Å². The van der Waals surface area contributed by atoms with Crippen LogP contribution in [0.2, 0.25) is 0 Å². The average molecular weight is 281 g/mol. The van der Waals surface area contributed by atoms with E-state index in [0.717, 1.165) is 13.1 Å². The zero-order chi connectivity index (χ0) is 14.1. The lowest BCUT2D eigenvalue weighted by Crippen LogP contribution is -2.19. The Labute approximate surface area is 127 Å². The highest BCUT2D eigenvalue weighted by Gasteiger charge is 2.30. The first kappa shape index (κ1) is 13.1. The molecular formula is C19H23NO. The van der Waals surface area contributed by atoms with Gasteiger partial charge in [0.15, 0.2) is 0 Å². The Bertz CT molecular complexity index is 550. The molecule has 0 N–H and O–H groups in total. The summed E-state index contributed by atoms with van der Waals surface area (Å²) in [7, 11) is 0. The van der Waals surface area contributed by atoms with Crippen molar-refractivity contribution < 1.29 is 4.74 Å². The molecule has 0 amide bonds. The van der Waals surface area contributed by atoms with Crippen molar-refractivity contribution in [1.82, 2.24) is 4.90 Å². The number of benzene rings is 1. The monoisotopic (exact) mass is 281 g/mol. The van der Waals surface area contributed by atoms with Gasteiger partial charge in [0, 0.05) is 19.0 Å². The lowest BCUT2D eigenvalue weighted by atomic mass is 9.94. The van der Waals surface area contributed by atoms with Crippen molar-refractivity contribution in [1.29, 1.82) is 0 Å². The Morgan fingerprint density at radius 3 is 2.71 bits per heavy atom. The van der Waals surface area contributed by atoms with E-state index in [9.17, 15) is 0 Å². The van der Waals surface area contributed by atoms with Gasteiger partial charge in [0.25, 0.3) is 0 Å². The van der Waals surface area contributed by atoms with E-state index in [1.54, 1.807) is 0 Å². The first-order valence-corrected chi connectivity index (χ1v) is 8.21. The van der Waals surface area contributed by atoms with Crippen molar-refractivity contribution >= 4 is 0 Å². The fourth-order valence-electron chi connectivity index (χ4n) is 3.84. The Morgan fingerprint density at radius 1 is 1.14 bits per heavy atom. The Morgan fingerprint density at radius 2 is 1.95 bits per heavy atom. The molecule has 1 fully saturated rings. The van der Waals surface area contributed by atoms with Gasteiger partial charge in [-0.15, -0.1) is 0 Å². The first-order valence-electron chi connectivity index (χ1n) is 8.21. The number of nitrogens with zero attached hydrogens (tertiary/aromatic N) is 1. The van der Waals surface area contributed by atoms with Crippen LogP contribution in [-0.4, -0.2) is 17.5 Å². The summed E-state index contributed by atoms with van der Waals surface area (Å²) in [6, 6.07) is 8.83. The topological polar surface area (TPSA) is 12.5 Å². The van der Waals surface area contributed by atoms with Crippen LogP contribution in [-0.2, 0) is 17.8 Å². The van der Waals surface area contributed by atoms with Crippen molar-refractivity contribution in [3.05, 3.63) is 59.4 Å². The molecule has 2 unspecified atom stereocenters. The summed E-state index contributed by atoms with van der Waals surface area (Å²) >= 11 is 0. The van der Waals surface area contributed by atoms with Crippen LogP contribution in [0.25, 0.3) is 0 Å². The largest absolute Gasteiger partial charge is 0.494 e. The zero-order valence-corrected chi connectivity index (χ0v) is 12.5. The molecule has 2 atom stereocenters. The lowest BCUT2D eigenvalue weighted by molar-refractivity contribution is 0.142. The van der Waals surface area contributed by atoms with Crippen LogP contribution in [0.5, 0.6) is 0 Å². The number of hydrogen-bond donors (Lipinski definition) is 0. The third-order valence-corrected chi connectivity index (χ3v) is 4.98. The van der Waals surface area contributed by atoms with Gasteiger partial charge < -0.3 is 4.74 Å². The van der Waals surface area contributed by atoms with Gasteiger partial charge in [-0.2, -0.15) is 0 Å². The molecular weight excluding hydrogens is 258 g/mol. The standard InChI is InChI=1S/C19H23NO/c1-2-8-17-14-20(13-16(17)7-1)11-5-9-18-12-15-6-3-4-10-19(15)21-18/h1-4,7-8,10,15,18H,5-6,9,11-14H2. The van der Waals surface area contributed by atoms with Gasteiger partial charge in [0.1, 0.15) is 0 Å². The SMILES string of the molecule is C1=CCC2CC(CCCN3Cc4ccccc4C3)OC2=C1. The van der Waals surface area contributed by atoms with Crippen LogP contribution in [0.1, 0.15) is 36.8 Å². The van der Waals surface area contributed by atoms with Crippen LogP contribution in [0.4, 0.5) is 0 Å². The molecule has 2 nitrogen and oxygen atoms in total. The smallest absolute Gasteiger partial charge is 0.0999 e. The van der Waals surface area contributed by atoms with Gasteiger partial charge in [-0.05, 0) is 49.4 Å². The van der Waals surface area contributed by atoms with Gasteiger partial charge in [0.2, 0.25) is 0 Å². The highest BCUT2D eigenvalue weighted by Crippen LogP contribution is 2.36. The molecule has 2 heterocycles. The van der Waals surface area contributed by atoms with E-state index < -0.39 is 0 Å². The van der Waals surface area contributed by atoms with E-state index in [-0.39, 0.29) is 0 Å². The number of allylic oxidation sites excluding steroid dienone is 4. The number of fused-ring (bicyclic) bond motifs is 2. The van der Waals surface area contributed by atoms with Crippen LogP contribution >= 0.6 is 0 Å². The van der Waals surface area contributed by atoms with Gasteiger partial charge in [-0.25, -0.2) is 0 Å². The molecule has 1 aliphatic carbocycles. The molecule has 3 aliphatic rings. The van der Waals surface area contributed by atoms with E-state index in [0.29, 0.717) is 12.0 Å². The minimum atomic E-state index is 0.450. The van der Waals surface area contributed by atoms with Crippen LogP contribution in [0.3, 0.4) is 0 Å². The lowest BCUT2D eigenvalue weighted by Gasteiger charge is -2.16. The molecule has 1 aromatic carbocycles. The summed E-state index contributed by atoms with van der Waals surface area (Å²) in [4.78, 5) is 2.56. The van der Waals surface area contributed by atoms with E-state index in [4.69, 9.17) is 4.74 Å². The molecule has 1 saturated heterocycles. The summed E-state index contributed by atoms with van der Waals surface area (Å²) in [6.07, 6.45) is 11.8. The van der Waals surface area contributed by atoms with E-state index in [2.05, 4.69) is 47.4 Å². The minimum Gasteiger partial charge on any atom is -0.494 e. The second kappa shape index (κ2) is 5.69. The summed E-state index contributed by atoms with van der Waals surface area (Å²) in [5.41, 5.74) is 3.02. The zero-order valence-electron chi connectivity index (χ0n) is 12.5. The maximum Gasteiger partial charge on any atom is 0.0999 e. The molecule has 21 heavy (non-hydrogen) atoms. The van der Waals surface area contributed by atoms with Gasteiger partial charge in [0.05, 0.1) is 11.9 Å². The van der Waals surface area contributed by atoms with Crippen molar-refractivity contribution in [2.75, 3.05) is 6.54 Å². The Hall–Kier alpha value is -1.54. The molecule has 2 heteroatoms. The number of rotatable bonds is 4. The molecule has 0 bridgehead atoms. The summed E-state index contributed by atoms with van der Waals surface area (Å²) in [6.45, 7) is 3.44. The minimum absolute atomic E-state index is 0.450. The highest BCUT2D eigenvalue weighted by molar-refractivity contribution is 5.30. The van der Waals surface area contributed by atoms with E-state index in [1.807, 2.05) is 0 Å². The Kier molecular flexibility index (Phi) is 3.56. The van der Waals surface area contributed by atoms with Crippen LogP contribution in [0.15, 0.2) is 48.3 Å². The molecule has 0 saturated carbocycles. The molecule has 1 aromatic rings. The maximum absolute atomic E-state index is 6.08. The van der Waals surface area contributed by atoms with Crippen molar-refractivity contribution in [3.63, 3.8) is 0 Å². The van der Waals surface area contributed by atoms with E-state index in [1.165, 1.54) is 49.1 Å². The number of ether oxygens (including phenoxy) is 1. The molecule has 2 aliphatic heterocycles. The van der Waals surface area contributed by atoms with Crippen LogP contribution in [0, 0.1) is 5.92 Å². The first-order chi connectivity index (χ1) is 10.4. The maximum atomic E-state index is 6.08. The van der Waals surface area contributed by atoms with Crippen molar-refractivity contribution in [2.45, 2.75) is 44.9 Å². The van der Waals surface area contributed by atoms with Crippen LogP contribution < -0.4 is 0 Å². The quantitative estimate of drug-likeness (QED) is 0.826. The molecule has 4 rings (SSSR count). The molecule has 0 spiro atoms. The van der Waals surface area contributed by atoms with E-state index >= 15 is 0 Å². The Balaban J connectivity index is 1.23. The van der Waals surface area contributed by atoms with Gasteiger partial charge in [-0.1, -0.05) is 36.4 Å². The second-order valence-electron chi connectivity index (χ2n) is 6.53. The fraction of sp³-hybridized carbons (Fsp3) is 0.474.